The number of carboxylic acids is 2. The number of aromatic hydroxyl groups is 1. The van der Waals surface area contributed by atoms with Crippen molar-refractivity contribution in [3.8, 4) is 5.75 Å². The van der Waals surface area contributed by atoms with Gasteiger partial charge in [-0.15, -0.1) is 0 Å². The van der Waals surface area contributed by atoms with E-state index in [1.165, 1.54) is 12.1 Å². The Morgan fingerprint density at radius 3 is 1.82 bits per heavy atom. The maximum Gasteiger partial charge on any atom is 0.326 e. The molecule has 4 amide bonds. The summed E-state index contributed by atoms with van der Waals surface area (Å²) in [4.78, 5) is 76.8. The van der Waals surface area contributed by atoms with Crippen LogP contribution in [0.3, 0.4) is 0 Å². The second-order valence-electron chi connectivity index (χ2n) is 12.1. The normalized spacial score (nSPS) is 14.1. The number of carboxylic acid groups (broad SMARTS) is 2. The first-order valence-electron chi connectivity index (χ1n) is 16.1. The Kier molecular flexibility index (Phi) is 16.7. The number of nitrogens with two attached hydrogens (primary N) is 2. The molecule has 5 atom stereocenters. The first-order valence-corrected chi connectivity index (χ1v) is 16.1. The van der Waals surface area contributed by atoms with Crippen LogP contribution in [-0.2, 0) is 41.6 Å². The molecule has 268 valence electrons. The van der Waals surface area contributed by atoms with Crippen LogP contribution in [0.1, 0.15) is 57.1 Å². The average Bonchev–Trinajstić information content (AvgIpc) is 3.05. The van der Waals surface area contributed by atoms with E-state index in [1.807, 2.05) is 0 Å². The standard InChI is InChI=1S/C34H48N6O9/c1-20(2)29(40-30(44)24(36)18-22-11-13-23(41)14-12-22)33(47)37-25(15-16-28(42)43)31(45)39-27(19-21-8-4-3-5-9-21)32(46)38-26(34(48)49)10-6-7-17-35/h3-5,8-9,11-14,20,24-27,29,41H,6-7,10,15-19,35-36H2,1-2H3,(H,37,47)(H,38,46)(H,39,45)(H,40,44)(H,42,43)(H,48,49). The SMILES string of the molecule is CC(C)C(NC(=O)C(N)Cc1ccc(O)cc1)C(=O)NC(CCC(=O)O)C(=O)NC(Cc1ccccc1)C(=O)NC(CCCCN)C(=O)O. The number of carbonyl (C=O) groups excluding carboxylic acids is 4. The first kappa shape index (κ1) is 40.2. The summed E-state index contributed by atoms with van der Waals surface area (Å²) in [6.45, 7) is 3.67. The fourth-order valence-electron chi connectivity index (χ4n) is 4.93. The van der Waals surface area contributed by atoms with Gasteiger partial charge in [-0.25, -0.2) is 4.79 Å². The molecule has 15 heteroatoms. The molecular formula is C34H48N6O9. The number of benzene rings is 2. The molecule has 0 aliphatic heterocycles. The van der Waals surface area contributed by atoms with E-state index in [2.05, 4.69) is 21.3 Å². The fourth-order valence-corrected chi connectivity index (χ4v) is 4.93. The lowest BCUT2D eigenvalue weighted by Crippen LogP contribution is -2.59. The minimum absolute atomic E-state index is 0.0310. The van der Waals surface area contributed by atoms with Crippen LogP contribution in [-0.4, -0.2) is 87.6 Å². The number of carbonyl (C=O) groups is 6. The minimum Gasteiger partial charge on any atom is -0.508 e. The fraction of sp³-hybridized carbons (Fsp3) is 0.471. The Morgan fingerprint density at radius 1 is 0.673 bits per heavy atom. The number of aliphatic carboxylic acids is 2. The molecule has 2 aromatic rings. The van der Waals surface area contributed by atoms with Crippen molar-refractivity contribution in [3.05, 3.63) is 65.7 Å². The van der Waals surface area contributed by atoms with Crippen molar-refractivity contribution in [3.63, 3.8) is 0 Å². The summed E-state index contributed by atoms with van der Waals surface area (Å²) in [7, 11) is 0. The molecule has 2 aromatic carbocycles. The maximum atomic E-state index is 13.6. The van der Waals surface area contributed by atoms with Crippen molar-refractivity contribution in [2.45, 2.75) is 89.0 Å². The lowest BCUT2D eigenvalue weighted by molar-refractivity contribution is -0.142. The number of rotatable bonds is 21. The van der Waals surface area contributed by atoms with Gasteiger partial charge in [-0.2, -0.15) is 0 Å². The zero-order valence-electron chi connectivity index (χ0n) is 27.8. The predicted molar refractivity (Wildman–Crippen MR) is 180 cm³/mol. The molecule has 0 bridgehead atoms. The van der Waals surface area contributed by atoms with Gasteiger partial charge in [-0.3, -0.25) is 24.0 Å². The monoisotopic (exact) mass is 684 g/mol. The summed E-state index contributed by atoms with van der Waals surface area (Å²) in [5.41, 5.74) is 12.9. The largest absolute Gasteiger partial charge is 0.508 e. The molecule has 0 aliphatic carbocycles. The second kappa shape index (κ2) is 20.4. The van der Waals surface area contributed by atoms with Crippen molar-refractivity contribution in [2.24, 2.45) is 17.4 Å². The summed E-state index contributed by atoms with van der Waals surface area (Å²) in [6.07, 6.45) is 0.343. The van der Waals surface area contributed by atoms with Gasteiger partial charge in [0, 0.05) is 12.8 Å². The summed E-state index contributed by atoms with van der Waals surface area (Å²) >= 11 is 0. The predicted octanol–water partition coefficient (Wildman–Crippen LogP) is 0.178. The number of phenolic OH excluding ortho intramolecular Hbond substituents is 1. The van der Waals surface area contributed by atoms with Crippen molar-refractivity contribution in [2.75, 3.05) is 6.54 Å². The second-order valence-corrected chi connectivity index (χ2v) is 12.1. The van der Waals surface area contributed by atoms with Crippen molar-refractivity contribution in [1.82, 2.24) is 21.3 Å². The highest BCUT2D eigenvalue weighted by atomic mass is 16.4. The van der Waals surface area contributed by atoms with Crippen LogP contribution in [0.15, 0.2) is 54.6 Å². The van der Waals surface area contributed by atoms with Gasteiger partial charge in [0.1, 0.15) is 29.9 Å². The molecule has 15 nitrogen and oxygen atoms in total. The molecular weight excluding hydrogens is 636 g/mol. The number of amides is 4. The van der Waals surface area contributed by atoms with Crippen molar-refractivity contribution >= 4 is 35.6 Å². The lowest BCUT2D eigenvalue weighted by Gasteiger charge is -2.27. The zero-order chi connectivity index (χ0) is 36.5. The number of hydrogen-bond acceptors (Lipinski definition) is 9. The summed E-state index contributed by atoms with van der Waals surface area (Å²) in [5, 5.41) is 38.7. The minimum atomic E-state index is -1.43. The van der Waals surface area contributed by atoms with Crippen LogP contribution in [0, 0.1) is 5.92 Å². The summed E-state index contributed by atoms with van der Waals surface area (Å²) in [5.74, 6) is -6.00. The van der Waals surface area contributed by atoms with Crippen LogP contribution in [0.4, 0.5) is 0 Å². The Labute approximate surface area is 285 Å². The molecule has 0 radical (unpaired) electrons. The first-order chi connectivity index (χ1) is 23.2. The molecule has 49 heavy (non-hydrogen) atoms. The Morgan fingerprint density at radius 2 is 1.24 bits per heavy atom. The van der Waals surface area contributed by atoms with E-state index >= 15 is 0 Å². The number of phenols is 1. The molecule has 0 aliphatic rings. The van der Waals surface area contributed by atoms with E-state index in [4.69, 9.17) is 11.5 Å². The highest BCUT2D eigenvalue weighted by molar-refractivity contribution is 5.95. The third-order valence-corrected chi connectivity index (χ3v) is 7.73. The van der Waals surface area contributed by atoms with E-state index in [-0.39, 0.29) is 31.4 Å². The molecule has 0 spiro atoms. The van der Waals surface area contributed by atoms with E-state index in [0.717, 1.165) is 0 Å². The molecule has 5 unspecified atom stereocenters. The van der Waals surface area contributed by atoms with E-state index in [0.29, 0.717) is 30.5 Å². The molecule has 0 saturated heterocycles. The maximum absolute atomic E-state index is 13.6. The lowest BCUT2D eigenvalue weighted by atomic mass is 10.00. The van der Waals surface area contributed by atoms with Crippen molar-refractivity contribution in [1.29, 1.82) is 0 Å². The Hall–Kier alpha value is -5.02. The van der Waals surface area contributed by atoms with Crippen LogP contribution in [0.5, 0.6) is 5.75 Å². The molecule has 0 saturated carbocycles. The van der Waals surface area contributed by atoms with Crippen LogP contribution >= 0.6 is 0 Å². The third kappa shape index (κ3) is 14.3. The van der Waals surface area contributed by atoms with E-state index in [1.54, 1.807) is 56.3 Å². The van der Waals surface area contributed by atoms with Gasteiger partial charge in [0.15, 0.2) is 0 Å². The molecule has 0 fully saturated rings. The summed E-state index contributed by atoms with van der Waals surface area (Å²) < 4.78 is 0. The van der Waals surface area contributed by atoms with Gasteiger partial charge in [0.2, 0.25) is 23.6 Å². The highest BCUT2D eigenvalue weighted by Crippen LogP contribution is 2.12. The van der Waals surface area contributed by atoms with Crippen molar-refractivity contribution < 1.29 is 44.1 Å². The van der Waals surface area contributed by atoms with E-state index in [9.17, 15) is 44.1 Å². The van der Waals surface area contributed by atoms with Gasteiger partial charge in [0.05, 0.1) is 6.04 Å². The molecule has 0 aromatic heterocycles. The van der Waals surface area contributed by atoms with Gasteiger partial charge in [0.25, 0.3) is 0 Å². The van der Waals surface area contributed by atoms with Gasteiger partial charge in [-0.1, -0.05) is 56.3 Å². The van der Waals surface area contributed by atoms with Crippen LogP contribution in [0.25, 0.3) is 0 Å². The van der Waals surface area contributed by atoms with Gasteiger partial charge in [-0.05, 0) is 67.8 Å². The Balaban J connectivity index is 2.25. The highest BCUT2D eigenvalue weighted by Gasteiger charge is 2.33. The summed E-state index contributed by atoms with van der Waals surface area (Å²) in [6, 6.07) is 8.60. The van der Waals surface area contributed by atoms with Gasteiger partial charge >= 0.3 is 11.9 Å². The number of unbranched alkanes of at least 4 members (excludes halogenated alkanes) is 1. The zero-order valence-corrected chi connectivity index (χ0v) is 27.8. The van der Waals surface area contributed by atoms with E-state index < -0.39 is 78.1 Å². The van der Waals surface area contributed by atoms with Gasteiger partial charge < -0.3 is 48.1 Å². The third-order valence-electron chi connectivity index (χ3n) is 7.73. The Bertz CT molecular complexity index is 1400. The number of nitrogens with one attached hydrogen (secondary N) is 4. The molecule has 11 N–H and O–H groups in total. The van der Waals surface area contributed by atoms with Crippen LogP contribution < -0.4 is 32.7 Å². The molecule has 2 rings (SSSR count). The number of hydrogen-bond donors (Lipinski definition) is 9. The molecule has 0 heterocycles. The quantitative estimate of drug-likeness (QED) is 0.0801. The average molecular weight is 685 g/mol. The smallest absolute Gasteiger partial charge is 0.326 e. The topological polar surface area (TPSA) is 263 Å². The van der Waals surface area contributed by atoms with Crippen LogP contribution in [0.2, 0.25) is 0 Å².